The number of amides is 2. The summed E-state index contributed by atoms with van der Waals surface area (Å²) in [5.41, 5.74) is 2.36. The number of aromatic nitrogens is 1. The van der Waals surface area contributed by atoms with Gasteiger partial charge in [0.25, 0.3) is 15.9 Å². The molecule has 4 aromatic carbocycles. The zero-order chi connectivity index (χ0) is 33.9. The summed E-state index contributed by atoms with van der Waals surface area (Å²) in [5, 5.41) is 2.94. The van der Waals surface area contributed by atoms with Crippen LogP contribution in [0.1, 0.15) is 22.7 Å². The van der Waals surface area contributed by atoms with E-state index in [2.05, 4.69) is 15.0 Å². The molecule has 0 aliphatic heterocycles. The zero-order valence-corrected chi connectivity index (χ0v) is 26.8. The van der Waals surface area contributed by atoms with Gasteiger partial charge in [-0.1, -0.05) is 48.5 Å². The molecule has 1 aromatic heterocycles. The SMILES string of the molecule is COc1ccc(CN(C(=O)COc2ccc(S(=O)(=O)Nc3ccc(F)cc3)cc2)[C@@H](C(=O)NCc2cccnc2)c2ccccc2)cc1. The molecule has 1 heterocycles. The first kappa shape index (κ1) is 33.6. The lowest BCUT2D eigenvalue weighted by Crippen LogP contribution is -2.45. The fraction of sp³-hybridized carbons (Fsp3) is 0.139. The number of methoxy groups -OCH3 is 1. The summed E-state index contributed by atoms with van der Waals surface area (Å²) in [6.45, 7) is -0.143. The molecule has 0 bridgehead atoms. The summed E-state index contributed by atoms with van der Waals surface area (Å²) < 4.78 is 52.4. The van der Waals surface area contributed by atoms with Crippen LogP contribution in [0.3, 0.4) is 0 Å². The molecule has 12 heteroatoms. The van der Waals surface area contributed by atoms with Crippen molar-refractivity contribution in [2.24, 2.45) is 0 Å². The van der Waals surface area contributed by atoms with Gasteiger partial charge in [0.15, 0.2) is 6.61 Å². The minimum absolute atomic E-state index is 0.0546. The molecule has 1 atom stereocenters. The summed E-state index contributed by atoms with van der Waals surface area (Å²) in [6, 6.07) is 29.2. The lowest BCUT2D eigenvalue weighted by Gasteiger charge is -2.31. The number of hydrogen-bond donors (Lipinski definition) is 2. The van der Waals surface area contributed by atoms with E-state index in [1.54, 1.807) is 62.0 Å². The van der Waals surface area contributed by atoms with Crippen LogP contribution in [0.2, 0.25) is 0 Å². The third-order valence-corrected chi connectivity index (χ3v) is 8.69. The van der Waals surface area contributed by atoms with Crippen LogP contribution in [0.4, 0.5) is 10.1 Å². The van der Waals surface area contributed by atoms with E-state index in [-0.39, 0.29) is 29.4 Å². The first-order chi connectivity index (χ1) is 23.2. The Kier molecular flexibility index (Phi) is 11.0. The molecule has 0 fully saturated rings. The van der Waals surface area contributed by atoms with Gasteiger partial charge in [-0.25, -0.2) is 12.8 Å². The van der Waals surface area contributed by atoms with Gasteiger partial charge in [-0.2, -0.15) is 0 Å². The van der Waals surface area contributed by atoms with Crippen LogP contribution in [-0.2, 0) is 32.7 Å². The summed E-state index contributed by atoms with van der Waals surface area (Å²) in [6.07, 6.45) is 3.30. The Morgan fingerprint density at radius 2 is 1.52 bits per heavy atom. The number of hydrogen-bond acceptors (Lipinski definition) is 7. The normalized spacial score (nSPS) is 11.6. The number of carbonyl (C=O) groups excluding carboxylic acids is 2. The van der Waals surface area contributed by atoms with E-state index >= 15 is 0 Å². The second-order valence-corrected chi connectivity index (χ2v) is 12.3. The number of nitrogens with one attached hydrogen (secondary N) is 2. The Balaban J connectivity index is 1.36. The van der Waals surface area contributed by atoms with Crippen LogP contribution in [0, 0.1) is 5.82 Å². The van der Waals surface area contributed by atoms with Gasteiger partial charge < -0.3 is 19.7 Å². The highest BCUT2D eigenvalue weighted by Gasteiger charge is 2.32. The van der Waals surface area contributed by atoms with Crippen molar-refractivity contribution in [3.63, 3.8) is 0 Å². The first-order valence-electron chi connectivity index (χ1n) is 14.9. The van der Waals surface area contributed by atoms with Crippen molar-refractivity contribution in [1.29, 1.82) is 0 Å². The molecule has 5 aromatic rings. The van der Waals surface area contributed by atoms with Crippen molar-refractivity contribution in [2.75, 3.05) is 18.4 Å². The molecule has 0 aliphatic rings. The average molecular weight is 669 g/mol. The Bertz CT molecular complexity index is 1910. The van der Waals surface area contributed by atoms with Crippen molar-refractivity contribution in [2.45, 2.75) is 24.0 Å². The van der Waals surface area contributed by atoms with Gasteiger partial charge in [-0.05, 0) is 83.4 Å². The van der Waals surface area contributed by atoms with Crippen molar-refractivity contribution < 1.29 is 31.9 Å². The number of carbonyl (C=O) groups is 2. The number of anilines is 1. The minimum atomic E-state index is -3.96. The van der Waals surface area contributed by atoms with Crippen LogP contribution in [0.15, 0.2) is 133 Å². The molecule has 0 spiro atoms. The predicted molar refractivity (Wildman–Crippen MR) is 178 cm³/mol. The fourth-order valence-electron chi connectivity index (χ4n) is 4.82. The molecule has 246 valence electrons. The molecule has 0 saturated heterocycles. The van der Waals surface area contributed by atoms with E-state index in [1.165, 1.54) is 41.3 Å². The molecule has 0 aliphatic carbocycles. The molecule has 0 radical (unpaired) electrons. The van der Waals surface area contributed by atoms with Gasteiger partial charge in [0.2, 0.25) is 5.91 Å². The number of benzene rings is 4. The summed E-state index contributed by atoms with van der Waals surface area (Å²) in [7, 11) is -2.41. The van der Waals surface area contributed by atoms with Crippen molar-refractivity contribution in [1.82, 2.24) is 15.2 Å². The number of sulfonamides is 1. The summed E-state index contributed by atoms with van der Waals surface area (Å²) in [4.78, 5) is 33.3. The van der Waals surface area contributed by atoms with Gasteiger partial charge in [-0.3, -0.25) is 19.3 Å². The van der Waals surface area contributed by atoms with Crippen LogP contribution < -0.4 is 19.5 Å². The van der Waals surface area contributed by atoms with Gasteiger partial charge in [0.1, 0.15) is 23.4 Å². The molecular weight excluding hydrogens is 635 g/mol. The predicted octanol–water partition coefficient (Wildman–Crippen LogP) is 5.50. The fourth-order valence-corrected chi connectivity index (χ4v) is 5.88. The molecular formula is C36H33FN4O6S. The third-order valence-electron chi connectivity index (χ3n) is 7.29. The number of rotatable bonds is 14. The number of pyridine rings is 1. The molecule has 2 amide bonds. The van der Waals surface area contributed by atoms with Crippen LogP contribution in [0.5, 0.6) is 11.5 Å². The number of halogens is 1. The standard InChI is InChI=1S/C36H33FN4O6S/c1-46-31-15-9-26(10-16-31)24-41(35(28-7-3-2-4-8-28)36(43)39-23-27-6-5-21-38-22-27)34(42)25-47-32-17-19-33(20-18-32)48(44,45)40-30-13-11-29(37)12-14-30/h2-22,35,40H,23-25H2,1H3,(H,39,43)/t35-/m1/s1. The summed E-state index contributed by atoms with van der Waals surface area (Å²) >= 11 is 0. The molecule has 5 rings (SSSR count). The second-order valence-electron chi connectivity index (χ2n) is 10.6. The van der Waals surface area contributed by atoms with Crippen LogP contribution >= 0.6 is 0 Å². The molecule has 48 heavy (non-hydrogen) atoms. The number of ether oxygens (including phenoxy) is 2. The Morgan fingerprint density at radius 1 is 0.833 bits per heavy atom. The van der Waals surface area contributed by atoms with Crippen molar-refractivity contribution in [3.05, 3.63) is 150 Å². The highest BCUT2D eigenvalue weighted by molar-refractivity contribution is 7.92. The molecule has 0 unspecified atom stereocenters. The Labute approximate surface area is 278 Å². The van der Waals surface area contributed by atoms with Gasteiger partial charge >= 0.3 is 0 Å². The lowest BCUT2D eigenvalue weighted by molar-refractivity contribution is -0.143. The lowest BCUT2D eigenvalue weighted by atomic mass is 10.0. The highest BCUT2D eigenvalue weighted by Crippen LogP contribution is 2.26. The smallest absolute Gasteiger partial charge is 0.261 e. The second kappa shape index (κ2) is 15.7. The maximum Gasteiger partial charge on any atom is 0.261 e. The van der Waals surface area contributed by atoms with Crippen LogP contribution in [-0.4, -0.2) is 43.8 Å². The van der Waals surface area contributed by atoms with E-state index in [9.17, 15) is 22.4 Å². The van der Waals surface area contributed by atoms with E-state index in [0.29, 0.717) is 11.3 Å². The largest absolute Gasteiger partial charge is 0.497 e. The van der Waals surface area contributed by atoms with E-state index in [0.717, 1.165) is 23.3 Å². The van der Waals surface area contributed by atoms with Crippen LogP contribution in [0.25, 0.3) is 0 Å². The molecule has 0 saturated carbocycles. The number of nitrogens with zero attached hydrogens (tertiary/aromatic N) is 2. The van der Waals surface area contributed by atoms with E-state index in [4.69, 9.17) is 9.47 Å². The highest BCUT2D eigenvalue weighted by atomic mass is 32.2. The van der Waals surface area contributed by atoms with Crippen molar-refractivity contribution >= 4 is 27.5 Å². The van der Waals surface area contributed by atoms with E-state index in [1.807, 2.05) is 24.3 Å². The quantitative estimate of drug-likeness (QED) is 0.160. The third kappa shape index (κ3) is 8.95. The Hall–Kier alpha value is -5.75. The monoisotopic (exact) mass is 668 g/mol. The van der Waals surface area contributed by atoms with E-state index < -0.39 is 40.3 Å². The van der Waals surface area contributed by atoms with Gasteiger partial charge in [-0.15, -0.1) is 0 Å². The summed E-state index contributed by atoms with van der Waals surface area (Å²) in [5.74, 6) is -0.476. The van der Waals surface area contributed by atoms with Crippen molar-refractivity contribution in [3.8, 4) is 11.5 Å². The minimum Gasteiger partial charge on any atom is -0.497 e. The topological polar surface area (TPSA) is 127 Å². The average Bonchev–Trinajstić information content (AvgIpc) is 3.11. The maximum absolute atomic E-state index is 13.9. The first-order valence-corrected chi connectivity index (χ1v) is 16.4. The van der Waals surface area contributed by atoms with Gasteiger partial charge in [0, 0.05) is 31.2 Å². The molecule has 10 nitrogen and oxygen atoms in total. The zero-order valence-electron chi connectivity index (χ0n) is 26.0. The molecule has 2 N–H and O–H groups in total. The Morgan fingerprint density at radius 3 is 2.17 bits per heavy atom. The van der Waals surface area contributed by atoms with Gasteiger partial charge in [0.05, 0.1) is 12.0 Å². The maximum atomic E-state index is 13.9.